The Morgan fingerprint density at radius 3 is 2.43 bits per heavy atom. The Bertz CT molecular complexity index is 607. The van der Waals surface area contributed by atoms with Crippen LogP contribution in [0.15, 0.2) is 24.3 Å². The molecule has 1 aromatic carbocycles. The van der Waals surface area contributed by atoms with Gasteiger partial charge >= 0.3 is 0 Å². The van der Waals surface area contributed by atoms with Gasteiger partial charge in [0.2, 0.25) is 0 Å². The number of rotatable bonds is 3. The number of hydrogen-bond acceptors (Lipinski definition) is 1. The summed E-state index contributed by atoms with van der Waals surface area (Å²) in [6.07, 6.45) is 5.32. The van der Waals surface area contributed by atoms with Gasteiger partial charge in [-0.3, -0.25) is 4.90 Å². The number of benzene rings is 1. The monoisotopic (exact) mass is 288 g/mol. The van der Waals surface area contributed by atoms with Crippen molar-refractivity contribution in [2.24, 2.45) is 0 Å². The summed E-state index contributed by atoms with van der Waals surface area (Å²) in [4.78, 5) is 2.55. The average Bonchev–Trinajstić information content (AvgIpc) is 2.60. The molecular weight excluding hydrogens is 263 g/mol. The smallest absolute Gasteiger partial charge is 0.125 e. The van der Waals surface area contributed by atoms with Crippen molar-refractivity contribution in [3.63, 3.8) is 0 Å². The quantitative estimate of drug-likeness (QED) is 0.792. The zero-order valence-corrected chi connectivity index (χ0v) is 13.1. The predicted molar refractivity (Wildman–Crippen MR) is 86.0 cm³/mol. The maximum Gasteiger partial charge on any atom is 0.125 e. The lowest BCUT2D eigenvalue weighted by molar-refractivity contribution is 0.268. The molecule has 1 aliphatic rings. The van der Waals surface area contributed by atoms with E-state index in [-0.39, 0.29) is 5.82 Å². The third kappa shape index (κ3) is 3.13. The van der Waals surface area contributed by atoms with Gasteiger partial charge in [-0.05, 0) is 64.0 Å². The van der Waals surface area contributed by atoms with Gasteiger partial charge in [-0.1, -0.05) is 12.8 Å². The molecule has 114 valence electrons. The van der Waals surface area contributed by atoms with Crippen LogP contribution in [-0.2, 0) is 6.54 Å². The summed E-state index contributed by atoms with van der Waals surface area (Å²) in [7, 11) is 0. The molecule has 3 rings (SSSR count). The Kier molecular flexibility index (Phi) is 4.29. The van der Waals surface area contributed by atoms with Gasteiger partial charge in [-0.2, -0.15) is 0 Å². The van der Waals surface area contributed by atoms with E-state index in [9.17, 15) is 4.39 Å². The van der Waals surface area contributed by atoms with Crippen molar-refractivity contribution in [1.29, 1.82) is 0 Å². The topological polar surface area (TPSA) is 8.17 Å². The van der Waals surface area contributed by atoms with E-state index in [1.165, 1.54) is 44.5 Å². The molecule has 0 aliphatic carbocycles. The van der Waals surface area contributed by atoms with E-state index in [1.54, 1.807) is 12.1 Å². The summed E-state index contributed by atoms with van der Waals surface area (Å²) in [6, 6.07) is 7.71. The van der Waals surface area contributed by atoms with E-state index in [2.05, 4.69) is 29.4 Å². The molecule has 1 aromatic heterocycles. The minimum Gasteiger partial charge on any atom is -0.341 e. The van der Waals surface area contributed by atoms with Crippen molar-refractivity contribution in [3.05, 3.63) is 35.8 Å². The van der Waals surface area contributed by atoms with Crippen LogP contribution in [0.4, 0.5) is 4.39 Å². The zero-order chi connectivity index (χ0) is 14.8. The number of fused-ring (bicyclic) bond motifs is 1. The molecule has 0 atom stereocenters. The van der Waals surface area contributed by atoms with Crippen LogP contribution in [-0.4, -0.2) is 22.6 Å². The van der Waals surface area contributed by atoms with Crippen molar-refractivity contribution in [2.45, 2.75) is 52.1 Å². The van der Waals surface area contributed by atoms with Crippen LogP contribution in [0.5, 0.6) is 0 Å². The average molecular weight is 288 g/mol. The van der Waals surface area contributed by atoms with Crippen molar-refractivity contribution < 1.29 is 4.39 Å². The second-order valence-electron chi connectivity index (χ2n) is 6.49. The molecule has 0 spiro atoms. The fourth-order valence-corrected chi connectivity index (χ4v) is 3.51. The molecule has 0 amide bonds. The lowest BCUT2D eigenvalue weighted by atomic mass is 10.2. The number of hydrogen-bond donors (Lipinski definition) is 0. The van der Waals surface area contributed by atoms with E-state index in [0.29, 0.717) is 6.04 Å². The maximum atomic E-state index is 13.6. The normalized spacial score (nSPS) is 17.5. The van der Waals surface area contributed by atoms with Gasteiger partial charge in [0.05, 0.1) is 5.52 Å². The molecule has 0 bridgehead atoms. The van der Waals surface area contributed by atoms with Gasteiger partial charge in [0.15, 0.2) is 0 Å². The summed E-state index contributed by atoms with van der Waals surface area (Å²) in [5.74, 6) is -0.149. The van der Waals surface area contributed by atoms with Crippen LogP contribution < -0.4 is 0 Å². The van der Waals surface area contributed by atoms with E-state index < -0.39 is 0 Å². The third-order valence-electron chi connectivity index (χ3n) is 4.48. The van der Waals surface area contributed by atoms with E-state index in [0.717, 1.165) is 17.4 Å². The summed E-state index contributed by atoms with van der Waals surface area (Å²) in [5.41, 5.74) is 2.34. The molecule has 3 heteroatoms. The first-order chi connectivity index (χ1) is 10.1. The minimum absolute atomic E-state index is 0.149. The zero-order valence-electron chi connectivity index (χ0n) is 13.1. The van der Waals surface area contributed by atoms with Crippen LogP contribution in [0.25, 0.3) is 10.9 Å². The highest BCUT2D eigenvalue weighted by molar-refractivity contribution is 5.81. The van der Waals surface area contributed by atoms with Crippen molar-refractivity contribution in [3.8, 4) is 0 Å². The Hall–Kier alpha value is -1.35. The van der Waals surface area contributed by atoms with Crippen molar-refractivity contribution in [1.82, 2.24) is 9.47 Å². The van der Waals surface area contributed by atoms with Crippen LogP contribution in [0.2, 0.25) is 0 Å². The molecule has 1 aliphatic heterocycles. The van der Waals surface area contributed by atoms with Crippen molar-refractivity contribution in [2.75, 3.05) is 13.1 Å². The van der Waals surface area contributed by atoms with Gasteiger partial charge in [-0.15, -0.1) is 0 Å². The van der Waals surface area contributed by atoms with Gasteiger partial charge in [0, 0.05) is 23.7 Å². The first-order valence-corrected chi connectivity index (χ1v) is 8.17. The van der Waals surface area contributed by atoms with Crippen molar-refractivity contribution >= 4 is 10.9 Å². The van der Waals surface area contributed by atoms with Gasteiger partial charge in [0.1, 0.15) is 5.82 Å². The molecule has 0 unspecified atom stereocenters. The largest absolute Gasteiger partial charge is 0.341 e. The molecule has 1 saturated heterocycles. The highest BCUT2D eigenvalue weighted by Gasteiger charge is 2.16. The molecule has 2 heterocycles. The summed E-state index contributed by atoms with van der Waals surface area (Å²) >= 11 is 0. The highest BCUT2D eigenvalue weighted by atomic mass is 19.1. The number of aromatic nitrogens is 1. The number of halogens is 1. The van der Waals surface area contributed by atoms with E-state index in [1.807, 2.05) is 6.07 Å². The molecule has 1 fully saturated rings. The number of nitrogens with zero attached hydrogens (tertiary/aromatic N) is 2. The molecule has 2 nitrogen and oxygen atoms in total. The second-order valence-corrected chi connectivity index (χ2v) is 6.49. The fraction of sp³-hybridized carbons (Fsp3) is 0.556. The third-order valence-corrected chi connectivity index (χ3v) is 4.48. The summed E-state index contributed by atoms with van der Waals surface area (Å²) in [5, 5.41) is 1.15. The number of likely N-dealkylation sites (tertiary alicyclic amines) is 1. The maximum absolute atomic E-state index is 13.6. The SMILES string of the molecule is CC(C)n1c(CN2CCCCCC2)cc2ccc(F)cc21. The summed E-state index contributed by atoms with van der Waals surface area (Å²) < 4.78 is 15.9. The first kappa shape index (κ1) is 14.6. The van der Waals surface area contributed by atoms with Gasteiger partial charge in [-0.25, -0.2) is 4.39 Å². The minimum atomic E-state index is -0.149. The van der Waals surface area contributed by atoms with E-state index in [4.69, 9.17) is 0 Å². The Morgan fingerprint density at radius 2 is 1.76 bits per heavy atom. The summed E-state index contributed by atoms with van der Waals surface area (Å²) in [6.45, 7) is 7.71. The standard InChI is InChI=1S/C18H25FN2/c1-14(2)21-17(13-20-9-5-3-4-6-10-20)11-15-7-8-16(19)12-18(15)21/h7-8,11-12,14H,3-6,9-10,13H2,1-2H3. The first-order valence-electron chi connectivity index (χ1n) is 8.17. The van der Waals surface area contributed by atoms with Crippen LogP contribution in [0.1, 0.15) is 51.3 Å². The Morgan fingerprint density at radius 1 is 1.05 bits per heavy atom. The fourth-order valence-electron chi connectivity index (χ4n) is 3.51. The van der Waals surface area contributed by atoms with Gasteiger partial charge < -0.3 is 4.57 Å². The lowest BCUT2D eigenvalue weighted by Crippen LogP contribution is -2.25. The van der Waals surface area contributed by atoms with Gasteiger partial charge in [0.25, 0.3) is 0 Å². The van der Waals surface area contributed by atoms with Crippen LogP contribution >= 0.6 is 0 Å². The van der Waals surface area contributed by atoms with Crippen LogP contribution in [0.3, 0.4) is 0 Å². The molecule has 21 heavy (non-hydrogen) atoms. The molecule has 0 radical (unpaired) electrons. The van der Waals surface area contributed by atoms with E-state index >= 15 is 0 Å². The predicted octanol–water partition coefficient (Wildman–Crippen LogP) is 4.74. The Balaban J connectivity index is 1.95. The molecule has 2 aromatic rings. The highest BCUT2D eigenvalue weighted by Crippen LogP contribution is 2.26. The van der Waals surface area contributed by atoms with Crippen LogP contribution in [0, 0.1) is 5.82 Å². The second kappa shape index (κ2) is 6.18. The Labute approximate surface area is 126 Å². The molecular formula is C18H25FN2. The molecule has 0 N–H and O–H groups in total. The molecule has 0 saturated carbocycles. The lowest BCUT2D eigenvalue weighted by Gasteiger charge is -2.22.